The summed E-state index contributed by atoms with van der Waals surface area (Å²) in [5.74, 6) is -2.27. The SMILES string of the molecule is CCCCCCCCN(CCC)C(=O)C(F)(F)S(=O)(=O)NS(=O)(=O)C(F)(F)F. The molecule has 0 rings (SSSR count). The van der Waals surface area contributed by atoms with E-state index < -0.39 is 36.7 Å². The summed E-state index contributed by atoms with van der Waals surface area (Å²) in [5, 5.41) is -5.39. The molecule has 0 aliphatic rings. The van der Waals surface area contributed by atoms with E-state index in [9.17, 15) is 43.6 Å². The first-order chi connectivity index (χ1) is 12.6. The highest BCUT2D eigenvalue weighted by molar-refractivity contribution is 8.05. The maximum atomic E-state index is 14.1. The van der Waals surface area contributed by atoms with Gasteiger partial charge in [0.05, 0.1) is 0 Å². The third-order valence-corrected chi connectivity index (χ3v) is 6.89. The number of hydrogen-bond acceptors (Lipinski definition) is 5. The number of hydrogen-bond donors (Lipinski definition) is 1. The van der Waals surface area contributed by atoms with Gasteiger partial charge in [0.15, 0.2) is 0 Å². The Morgan fingerprint density at radius 2 is 1.29 bits per heavy atom. The normalized spacial score (nSPS) is 13.5. The standard InChI is InChI=1S/C14H25F5N2O5S2/c1-3-5-6-7-8-9-11-21(10-4-2)12(22)13(15,16)27(23,24)20-28(25,26)14(17,18)19/h20H,3-11H2,1-2H3. The Bertz CT molecular complexity index is 708. The molecule has 28 heavy (non-hydrogen) atoms. The molecule has 0 saturated heterocycles. The van der Waals surface area contributed by atoms with Crippen LogP contribution in [-0.4, -0.2) is 51.5 Å². The molecule has 0 aromatic heterocycles. The molecule has 7 nitrogen and oxygen atoms in total. The van der Waals surface area contributed by atoms with Gasteiger partial charge in [-0.1, -0.05) is 50.1 Å². The Morgan fingerprint density at radius 3 is 1.75 bits per heavy atom. The molecule has 168 valence electrons. The number of nitrogens with zero attached hydrogens (tertiary/aromatic N) is 1. The van der Waals surface area contributed by atoms with Gasteiger partial charge >= 0.3 is 36.7 Å². The molecule has 1 N–H and O–H groups in total. The van der Waals surface area contributed by atoms with E-state index in [-0.39, 0.29) is 23.6 Å². The molecule has 0 heterocycles. The van der Waals surface area contributed by atoms with Crippen molar-refractivity contribution in [2.45, 2.75) is 69.6 Å². The average molecular weight is 460 g/mol. The number of unbranched alkanes of at least 4 members (excludes halogenated alkanes) is 5. The number of amides is 1. The first-order valence-electron chi connectivity index (χ1n) is 8.65. The van der Waals surface area contributed by atoms with E-state index in [1.54, 1.807) is 0 Å². The van der Waals surface area contributed by atoms with Crippen molar-refractivity contribution in [2.75, 3.05) is 13.1 Å². The van der Waals surface area contributed by atoms with Crippen molar-refractivity contribution in [1.29, 1.82) is 0 Å². The predicted molar refractivity (Wildman–Crippen MR) is 92.2 cm³/mol. The summed E-state index contributed by atoms with van der Waals surface area (Å²) in [6.07, 6.45) is 4.72. The fraction of sp³-hybridized carbons (Fsp3) is 0.929. The molecule has 0 aromatic carbocycles. The Kier molecular flexibility index (Phi) is 10.3. The molecule has 0 aliphatic carbocycles. The summed E-state index contributed by atoms with van der Waals surface area (Å²) < 4.78 is 110. The maximum absolute atomic E-state index is 14.1. The van der Waals surface area contributed by atoms with Crippen molar-refractivity contribution >= 4 is 26.0 Å². The minimum atomic E-state index is -6.63. The molecule has 0 radical (unpaired) electrons. The fourth-order valence-electron chi connectivity index (χ4n) is 2.21. The molecule has 0 saturated carbocycles. The Hall–Kier alpha value is -1.02. The van der Waals surface area contributed by atoms with Gasteiger partial charge in [0.25, 0.3) is 0 Å². The average Bonchev–Trinajstić information content (AvgIpc) is 2.54. The molecule has 1 amide bonds. The summed E-state index contributed by atoms with van der Waals surface area (Å²) in [7, 11) is -13.1. The van der Waals surface area contributed by atoms with Crippen molar-refractivity contribution in [2.24, 2.45) is 0 Å². The van der Waals surface area contributed by atoms with Gasteiger partial charge in [-0.15, -0.1) is 0 Å². The highest BCUT2D eigenvalue weighted by Crippen LogP contribution is 2.28. The van der Waals surface area contributed by atoms with E-state index in [1.807, 2.05) is 6.92 Å². The minimum Gasteiger partial charge on any atom is -0.336 e. The highest BCUT2D eigenvalue weighted by atomic mass is 32.3. The highest BCUT2D eigenvalue weighted by Gasteiger charge is 2.59. The zero-order valence-corrected chi connectivity index (χ0v) is 17.2. The molecular formula is C14H25F5N2O5S2. The summed E-state index contributed by atoms with van der Waals surface area (Å²) >= 11 is 0. The Balaban J connectivity index is 5.28. The van der Waals surface area contributed by atoms with E-state index in [4.69, 9.17) is 0 Å². The van der Waals surface area contributed by atoms with E-state index >= 15 is 0 Å². The number of carbonyl (C=O) groups is 1. The first kappa shape index (κ1) is 27.0. The number of alkyl halides is 5. The lowest BCUT2D eigenvalue weighted by Gasteiger charge is -2.26. The van der Waals surface area contributed by atoms with Crippen LogP contribution in [-0.2, 0) is 24.8 Å². The van der Waals surface area contributed by atoms with E-state index in [2.05, 4.69) is 0 Å². The van der Waals surface area contributed by atoms with Gasteiger partial charge < -0.3 is 4.90 Å². The van der Waals surface area contributed by atoms with Crippen LogP contribution in [0.25, 0.3) is 0 Å². The van der Waals surface area contributed by atoms with Gasteiger partial charge in [-0.05, 0) is 12.8 Å². The Labute approximate surface area is 161 Å². The van der Waals surface area contributed by atoms with Gasteiger partial charge in [0, 0.05) is 13.1 Å². The van der Waals surface area contributed by atoms with Crippen LogP contribution in [0, 0.1) is 0 Å². The summed E-state index contributed by atoms with van der Waals surface area (Å²) in [4.78, 5) is 12.5. The second-order valence-corrected chi connectivity index (χ2v) is 9.77. The van der Waals surface area contributed by atoms with Crippen LogP contribution in [0.1, 0.15) is 58.8 Å². The van der Waals surface area contributed by atoms with Crippen LogP contribution in [0.2, 0.25) is 0 Å². The van der Waals surface area contributed by atoms with Crippen molar-refractivity contribution < 1.29 is 43.6 Å². The van der Waals surface area contributed by atoms with Crippen LogP contribution in [0.3, 0.4) is 0 Å². The quantitative estimate of drug-likeness (QED) is 0.336. The topological polar surface area (TPSA) is 101 Å². The third kappa shape index (κ3) is 7.43. The summed E-state index contributed by atoms with van der Waals surface area (Å²) in [6, 6.07) is 0. The van der Waals surface area contributed by atoms with Crippen molar-refractivity contribution in [3.05, 3.63) is 0 Å². The van der Waals surface area contributed by atoms with Crippen LogP contribution in [0.5, 0.6) is 0 Å². The monoisotopic (exact) mass is 460 g/mol. The predicted octanol–water partition coefficient (Wildman–Crippen LogP) is 2.95. The lowest BCUT2D eigenvalue weighted by Crippen LogP contribution is -2.55. The molecule has 0 aliphatic heterocycles. The molecule has 0 fully saturated rings. The lowest BCUT2D eigenvalue weighted by atomic mass is 10.1. The largest absolute Gasteiger partial charge is 0.512 e. The van der Waals surface area contributed by atoms with E-state index in [0.717, 1.165) is 25.7 Å². The van der Waals surface area contributed by atoms with Gasteiger partial charge in [0.1, 0.15) is 0 Å². The number of carbonyl (C=O) groups excluding carboxylic acids is 1. The molecular weight excluding hydrogens is 435 g/mol. The molecule has 14 heteroatoms. The smallest absolute Gasteiger partial charge is 0.336 e. The van der Waals surface area contributed by atoms with Gasteiger partial charge in [-0.25, -0.2) is 16.8 Å². The summed E-state index contributed by atoms with van der Waals surface area (Å²) in [6.45, 7) is 3.04. The van der Waals surface area contributed by atoms with E-state index in [1.165, 1.54) is 6.92 Å². The molecule has 0 bridgehead atoms. The zero-order valence-electron chi connectivity index (χ0n) is 15.6. The zero-order chi connectivity index (χ0) is 22.2. The molecule has 0 atom stereocenters. The number of halogens is 5. The van der Waals surface area contributed by atoms with Crippen LogP contribution >= 0.6 is 0 Å². The molecule has 0 unspecified atom stereocenters. The maximum Gasteiger partial charge on any atom is 0.512 e. The van der Waals surface area contributed by atoms with Crippen molar-refractivity contribution in [1.82, 2.24) is 9.03 Å². The van der Waals surface area contributed by atoms with Crippen LogP contribution in [0.15, 0.2) is 0 Å². The van der Waals surface area contributed by atoms with Gasteiger partial charge in [-0.3, -0.25) is 4.79 Å². The Morgan fingerprint density at radius 1 is 0.786 bits per heavy atom. The second kappa shape index (κ2) is 10.7. The number of rotatable bonds is 13. The van der Waals surface area contributed by atoms with Gasteiger partial charge in [-0.2, -0.15) is 22.0 Å². The van der Waals surface area contributed by atoms with Gasteiger partial charge in [0.2, 0.25) is 0 Å². The van der Waals surface area contributed by atoms with Crippen LogP contribution in [0.4, 0.5) is 22.0 Å². The lowest BCUT2D eigenvalue weighted by molar-refractivity contribution is -0.147. The number of sulfonamides is 2. The fourth-order valence-corrected chi connectivity index (χ4v) is 4.52. The second-order valence-electron chi connectivity index (χ2n) is 6.11. The number of nitrogens with one attached hydrogen (secondary N) is 1. The van der Waals surface area contributed by atoms with Crippen molar-refractivity contribution in [3.8, 4) is 0 Å². The summed E-state index contributed by atoms with van der Waals surface area (Å²) in [5.41, 5.74) is -6.14. The molecule has 0 aromatic rings. The van der Waals surface area contributed by atoms with Crippen molar-refractivity contribution in [3.63, 3.8) is 0 Å². The van der Waals surface area contributed by atoms with Crippen LogP contribution < -0.4 is 4.13 Å². The minimum absolute atomic E-state index is 0.0969. The van der Waals surface area contributed by atoms with E-state index in [0.29, 0.717) is 17.7 Å². The third-order valence-electron chi connectivity index (χ3n) is 3.67. The first-order valence-corrected chi connectivity index (χ1v) is 11.6. The molecule has 0 spiro atoms.